The Morgan fingerprint density at radius 3 is 2.60 bits per heavy atom. The second-order valence-corrected chi connectivity index (χ2v) is 14.2. The van der Waals surface area contributed by atoms with Gasteiger partial charge in [-0.1, -0.05) is 45.1 Å². The molecule has 0 unspecified atom stereocenters. The van der Waals surface area contributed by atoms with Crippen molar-refractivity contribution in [1.29, 1.82) is 0 Å². The van der Waals surface area contributed by atoms with Crippen molar-refractivity contribution in [3.05, 3.63) is 45.6 Å². The quantitative estimate of drug-likeness (QED) is 0.175. The van der Waals surface area contributed by atoms with Crippen LogP contribution in [0.25, 0.3) is 5.57 Å². The van der Waals surface area contributed by atoms with Crippen LogP contribution in [0.5, 0.6) is 0 Å². The molecule has 160 valence electrons. The van der Waals surface area contributed by atoms with Crippen LogP contribution in [-0.2, 0) is 18.8 Å². The molecule has 4 rings (SSSR count). The molecule has 1 aromatic carbocycles. The lowest BCUT2D eigenvalue weighted by molar-refractivity contribution is -0.146. The number of methoxy groups -OCH3 is 1. The van der Waals surface area contributed by atoms with Crippen LogP contribution in [0.1, 0.15) is 26.3 Å². The fourth-order valence-corrected chi connectivity index (χ4v) is 8.83. The van der Waals surface area contributed by atoms with Crippen LogP contribution in [0.15, 0.2) is 36.4 Å². The van der Waals surface area contributed by atoms with E-state index in [-0.39, 0.29) is 29.8 Å². The maximum absolute atomic E-state index is 12.8. The van der Waals surface area contributed by atoms with Crippen molar-refractivity contribution >= 4 is 54.0 Å². The summed E-state index contributed by atoms with van der Waals surface area (Å²) in [5.74, 6) is -0.457. The van der Waals surface area contributed by atoms with E-state index in [0.29, 0.717) is 5.57 Å². The average molecular weight is 537 g/mol. The fraction of sp³-hybridized carbons (Fsp3) is 0.478. The van der Waals surface area contributed by atoms with E-state index in [4.69, 9.17) is 9.16 Å². The molecule has 0 bridgehead atoms. The van der Waals surface area contributed by atoms with Crippen LogP contribution in [0.4, 0.5) is 5.69 Å². The number of hydrogen-bond donors (Lipinski definition) is 1. The van der Waals surface area contributed by atoms with Gasteiger partial charge in [-0.3, -0.25) is 9.59 Å². The molecule has 30 heavy (non-hydrogen) atoms. The molecule has 1 aromatic rings. The number of anilines is 1. The number of halogens is 1. The van der Waals surface area contributed by atoms with Crippen molar-refractivity contribution in [2.75, 3.05) is 12.4 Å². The molecule has 3 aliphatic rings. The lowest BCUT2D eigenvalue weighted by atomic mass is 10.00. The summed E-state index contributed by atoms with van der Waals surface area (Å²) in [7, 11) is -0.401. The maximum Gasteiger partial charge on any atom is 0.316 e. The van der Waals surface area contributed by atoms with Gasteiger partial charge in [-0.15, -0.1) is 0 Å². The molecule has 2 aliphatic carbocycles. The maximum atomic E-state index is 12.8. The van der Waals surface area contributed by atoms with Gasteiger partial charge in [-0.25, -0.2) is 0 Å². The van der Waals surface area contributed by atoms with E-state index in [0.717, 1.165) is 33.0 Å². The van der Waals surface area contributed by atoms with Crippen LogP contribution in [0.3, 0.4) is 0 Å². The highest BCUT2D eigenvalue weighted by molar-refractivity contribution is 14.1. The number of hydrogen-bond acceptors (Lipinski definition) is 4. The van der Waals surface area contributed by atoms with Gasteiger partial charge in [-0.05, 0) is 52.9 Å². The van der Waals surface area contributed by atoms with E-state index in [9.17, 15) is 9.59 Å². The highest BCUT2D eigenvalue weighted by atomic mass is 127. The van der Waals surface area contributed by atoms with E-state index in [1.54, 1.807) is 0 Å². The highest BCUT2D eigenvalue weighted by Crippen LogP contribution is 2.68. The first-order valence-corrected chi connectivity index (χ1v) is 14.3. The van der Waals surface area contributed by atoms with E-state index in [1.807, 2.05) is 36.4 Å². The number of allylic oxidation sites excluding steroid dienone is 1. The zero-order valence-electron chi connectivity index (χ0n) is 17.8. The second kappa shape index (κ2) is 7.91. The summed E-state index contributed by atoms with van der Waals surface area (Å²) in [5, 5.41) is 2.95. The van der Waals surface area contributed by atoms with Gasteiger partial charge in [0.05, 0.1) is 24.3 Å². The third-order valence-corrected chi connectivity index (χ3v) is 12.8. The normalized spacial score (nSPS) is 30.2. The molecular formula is C23H28INO4Si. The Morgan fingerprint density at radius 1 is 1.27 bits per heavy atom. The van der Waals surface area contributed by atoms with Gasteiger partial charge in [0.15, 0.2) is 8.32 Å². The summed E-state index contributed by atoms with van der Waals surface area (Å²) >= 11 is 2.26. The van der Waals surface area contributed by atoms with Crippen molar-refractivity contribution in [2.24, 2.45) is 17.3 Å². The van der Waals surface area contributed by atoms with Gasteiger partial charge in [0.1, 0.15) is 0 Å². The molecule has 1 amide bonds. The predicted molar refractivity (Wildman–Crippen MR) is 128 cm³/mol. The molecule has 1 aliphatic heterocycles. The van der Waals surface area contributed by atoms with Gasteiger partial charge in [-0.2, -0.15) is 0 Å². The minimum absolute atomic E-state index is 0.00722. The van der Waals surface area contributed by atoms with Crippen LogP contribution >= 0.6 is 22.6 Å². The number of rotatable bonds is 7. The van der Waals surface area contributed by atoms with Gasteiger partial charge in [0, 0.05) is 26.5 Å². The number of nitrogens with one attached hydrogen (secondary N) is 1. The summed E-state index contributed by atoms with van der Waals surface area (Å²) < 4.78 is 13.0. The molecule has 7 heteroatoms. The Balaban J connectivity index is 1.70. The Morgan fingerprint density at radius 2 is 1.97 bits per heavy atom. The number of benzene rings is 1. The second-order valence-electron chi connectivity index (χ2n) is 8.36. The third kappa shape index (κ3) is 3.12. The summed E-state index contributed by atoms with van der Waals surface area (Å²) in [6, 6.07) is 9.01. The molecule has 0 radical (unpaired) electrons. The zero-order valence-corrected chi connectivity index (χ0v) is 21.0. The van der Waals surface area contributed by atoms with Crippen LogP contribution in [-0.4, -0.2) is 33.4 Å². The summed E-state index contributed by atoms with van der Waals surface area (Å²) in [4.78, 5) is 25.5. The van der Waals surface area contributed by atoms with Crippen molar-refractivity contribution < 1.29 is 18.8 Å². The third-order valence-electron chi connectivity index (χ3n) is 7.28. The minimum Gasteiger partial charge on any atom is -0.468 e. The zero-order chi connectivity index (χ0) is 21.7. The standard InChI is InChI=1S/C23H28INO4Si/c1-5-30(6-2,7-3)29-18-11-12-23(22(27)28-4)15(20(18)23)13-14-19-16(24)9-8-10-17(19)25-21(14)26/h8-13,15,18,20H,5-7H2,1-4H3,(H,25,26)/b14-13-/t15-,18-,20-,23+/m0/s1. The summed E-state index contributed by atoms with van der Waals surface area (Å²) in [5.41, 5.74) is 1.68. The highest BCUT2D eigenvalue weighted by Gasteiger charge is 2.73. The average Bonchev–Trinajstić information content (AvgIpc) is 3.04. The molecule has 1 N–H and O–H groups in total. The monoisotopic (exact) mass is 537 g/mol. The molecule has 4 atom stereocenters. The number of esters is 1. The molecule has 1 heterocycles. The van der Waals surface area contributed by atoms with E-state index in [1.165, 1.54) is 7.11 Å². The lowest BCUT2D eigenvalue weighted by Crippen LogP contribution is -2.40. The number of ether oxygens (including phenoxy) is 1. The number of fused-ring (bicyclic) bond motifs is 2. The number of carbonyl (C=O) groups excluding carboxylic acids is 2. The molecular weight excluding hydrogens is 509 g/mol. The number of carbonyl (C=O) groups is 2. The fourth-order valence-electron chi connectivity index (χ4n) is 5.24. The van der Waals surface area contributed by atoms with E-state index >= 15 is 0 Å². The lowest BCUT2D eigenvalue weighted by Gasteiger charge is -2.31. The number of amides is 1. The predicted octanol–water partition coefficient (Wildman–Crippen LogP) is 4.99. The largest absolute Gasteiger partial charge is 0.468 e. The smallest absolute Gasteiger partial charge is 0.316 e. The van der Waals surface area contributed by atoms with Crippen LogP contribution in [0, 0.1) is 20.8 Å². The van der Waals surface area contributed by atoms with Crippen LogP contribution in [0.2, 0.25) is 18.1 Å². The minimum atomic E-state index is -1.83. The SMILES string of the molecule is CC[Si](CC)(CC)O[C@H]1C=C[C@]2(C(=O)OC)[C@H]1[C@@H]2/C=C1\C(=O)Nc2cccc(I)c21. The Kier molecular flexibility index (Phi) is 5.74. The summed E-state index contributed by atoms with van der Waals surface area (Å²) in [6.07, 6.45) is 5.90. The first kappa shape index (κ1) is 21.8. The van der Waals surface area contributed by atoms with E-state index < -0.39 is 13.7 Å². The molecule has 5 nitrogen and oxygen atoms in total. The van der Waals surface area contributed by atoms with Gasteiger partial charge in [0.25, 0.3) is 5.91 Å². The van der Waals surface area contributed by atoms with Crippen molar-refractivity contribution in [3.63, 3.8) is 0 Å². The Bertz CT molecular complexity index is 946. The summed E-state index contributed by atoms with van der Waals surface area (Å²) in [6.45, 7) is 6.62. The topological polar surface area (TPSA) is 64.6 Å². The van der Waals surface area contributed by atoms with Crippen molar-refractivity contribution in [1.82, 2.24) is 0 Å². The molecule has 0 saturated heterocycles. The molecule has 1 fully saturated rings. The Hall–Kier alpha value is -1.45. The van der Waals surface area contributed by atoms with Gasteiger partial charge >= 0.3 is 5.97 Å². The van der Waals surface area contributed by atoms with Crippen molar-refractivity contribution in [3.8, 4) is 0 Å². The van der Waals surface area contributed by atoms with Gasteiger partial charge < -0.3 is 14.5 Å². The Labute approximate surface area is 192 Å². The van der Waals surface area contributed by atoms with Gasteiger partial charge in [0.2, 0.25) is 0 Å². The van der Waals surface area contributed by atoms with Crippen LogP contribution < -0.4 is 5.32 Å². The molecule has 1 saturated carbocycles. The first-order chi connectivity index (χ1) is 14.4. The first-order valence-electron chi connectivity index (χ1n) is 10.6. The van der Waals surface area contributed by atoms with Crippen molar-refractivity contribution in [2.45, 2.75) is 45.0 Å². The molecule has 0 aromatic heterocycles. The molecule has 0 spiro atoms. The van der Waals surface area contributed by atoms with E-state index in [2.05, 4.69) is 48.7 Å².